The van der Waals surface area contributed by atoms with Crippen molar-refractivity contribution < 1.29 is 9.32 Å². The van der Waals surface area contributed by atoms with Crippen molar-refractivity contribution >= 4 is 5.91 Å². The minimum atomic E-state index is 0.134. The summed E-state index contributed by atoms with van der Waals surface area (Å²) < 4.78 is 5.35. The minimum Gasteiger partial charge on any atom is -0.342 e. The molecular weight excluding hydrogens is 304 g/mol. The quantitative estimate of drug-likeness (QED) is 0.828. The van der Waals surface area contributed by atoms with Gasteiger partial charge in [-0.05, 0) is 38.6 Å². The van der Waals surface area contributed by atoms with Gasteiger partial charge in [0.2, 0.25) is 11.8 Å². The lowest BCUT2D eigenvalue weighted by molar-refractivity contribution is -0.137. The van der Waals surface area contributed by atoms with Crippen molar-refractivity contribution in [1.29, 1.82) is 0 Å². The van der Waals surface area contributed by atoms with Gasteiger partial charge in [-0.15, -0.1) is 0 Å². The molecule has 0 aromatic carbocycles. The average molecular weight is 334 g/mol. The highest BCUT2D eigenvalue weighted by molar-refractivity contribution is 5.79. The Morgan fingerprint density at radius 1 is 1.17 bits per heavy atom. The third kappa shape index (κ3) is 4.56. The number of piperidine rings is 1. The lowest BCUT2D eigenvalue weighted by Crippen LogP contribution is -2.44. The summed E-state index contributed by atoms with van der Waals surface area (Å²) in [5.74, 6) is 1.97. The molecule has 1 amide bonds. The molecule has 1 aromatic rings. The van der Waals surface area contributed by atoms with Crippen LogP contribution in [0.3, 0.4) is 0 Å². The number of likely N-dealkylation sites (tertiary alicyclic amines) is 2. The van der Waals surface area contributed by atoms with Crippen LogP contribution < -0.4 is 0 Å². The van der Waals surface area contributed by atoms with Crippen LogP contribution in [-0.4, -0.2) is 52.0 Å². The minimum absolute atomic E-state index is 0.134. The van der Waals surface area contributed by atoms with Gasteiger partial charge in [0.25, 0.3) is 0 Å². The molecule has 6 nitrogen and oxygen atoms in total. The van der Waals surface area contributed by atoms with Crippen molar-refractivity contribution in [3.05, 3.63) is 11.7 Å². The average Bonchev–Trinajstić information content (AvgIpc) is 2.86. The second-order valence-corrected chi connectivity index (χ2v) is 7.17. The lowest BCUT2D eigenvalue weighted by atomic mass is 9.96. The molecule has 134 valence electrons. The van der Waals surface area contributed by atoms with E-state index in [1.165, 1.54) is 12.8 Å². The molecule has 0 saturated carbocycles. The van der Waals surface area contributed by atoms with Crippen LogP contribution in [0.5, 0.6) is 0 Å². The molecule has 2 aliphatic heterocycles. The smallest absolute Gasteiger partial charge is 0.240 e. The van der Waals surface area contributed by atoms with E-state index in [0.717, 1.165) is 70.5 Å². The van der Waals surface area contributed by atoms with Gasteiger partial charge in [-0.3, -0.25) is 9.69 Å². The monoisotopic (exact) mass is 334 g/mol. The first-order valence-electron chi connectivity index (χ1n) is 9.59. The molecule has 0 radical (unpaired) electrons. The molecule has 24 heavy (non-hydrogen) atoms. The molecular formula is C18H30N4O2. The van der Waals surface area contributed by atoms with Crippen molar-refractivity contribution in [2.45, 2.75) is 64.8 Å². The van der Waals surface area contributed by atoms with Crippen LogP contribution in [0.25, 0.3) is 0 Å². The van der Waals surface area contributed by atoms with E-state index in [1.807, 2.05) is 0 Å². The van der Waals surface area contributed by atoms with Gasteiger partial charge in [-0.1, -0.05) is 24.9 Å². The second kappa shape index (κ2) is 8.60. The number of hydrogen-bond acceptors (Lipinski definition) is 5. The van der Waals surface area contributed by atoms with Gasteiger partial charge in [0.1, 0.15) is 0 Å². The summed E-state index contributed by atoms with van der Waals surface area (Å²) in [6.45, 7) is 6.50. The molecule has 1 aromatic heterocycles. The summed E-state index contributed by atoms with van der Waals surface area (Å²) in [7, 11) is 0. The van der Waals surface area contributed by atoms with E-state index in [-0.39, 0.29) is 5.92 Å². The Morgan fingerprint density at radius 3 is 2.71 bits per heavy atom. The molecule has 3 heterocycles. The zero-order valence-corrected chi connectivity index (χ0v) is 14.9. The van der Waals surface area contributed by atoms with Crippen molar-refractivity contribution in [1.82, 2.24) is 19.9 Å². The molecule has 0 unspecified atom stereocenters. The highest BCUT2D eigenvalue weighted by atomic mass is 16.5. The summed E-state index contributed by atoms with van der Waals surface area (Å²) in [5.41, 5.74) is 0. The van der Waals surface area contributed by atoms with Gasteiger partial charge in [0.05, 0.1) is 12.5 Å². The van der Waals surface area contributed by atoms with Crippen LogP contribution in [0.4, 0.5) is 0 Å². The van der Waals surface area contributed by atoms with Gasteiger partial charge in [-0.2, -0.15) is 4.98 Å². The Balaban J connectivity index is 1.54. The van der Waals surface area contributed by atoms with Crippen LogP contribution in [0.15, 0.2) is 4.52 Å². The van der Waals surface area contributed by atoms with Crippen molar-refractivity contribution in [3.63, 3.8) is 0 Å². The van der Waals surface area contributed by atoms with Crippen LogP contribution in [0.2, 0.25) is 0 Å². The Labute approximate surface area is 144 Å². The Morgan fingerprint density at radius 2 is 1.96 bits per heavy atom. The van der Waals surface area contributed by atoms with E-state index in [4.69, 9.17) is 4.52 Å². The first-order valence-corrected chi connectivity index (χ1v) is 9.59. The topological polar surface area (TPSA) is 62.5 Å². The molecule has 1 atom stereocenters. The fourth-order valence-corrected chi connectivity index (χ4v) is 3.82. The van der Waals surface area contributed by atoms with E-state index in [1.54, 1.807) is 0 Å². The molecule has 2 fully saturated rings. The zero-order valence-electron chi connectivity index (χ0n) is 14.9. The number of aryl methyl sites for hydroxylation is 1. The van der Waals surface area contributed by atoms with E-state index in [9.17, 15) is 4.79 Å². The fraction of sp³-hybridized carbons (Fsp3) is 0.833. The van der Waals surface area contributed by atoms with E-state index in [0.29, 0.717) is 18.3 Å². The van der Waals surface area contributed by atoms with Gasteiger partial charge in [0, 0.05) is 26.1 Å². The summed E-state index contributed by atoms with van der Waals surface area (Å²) in [6.07, 6.45) is 8.80. The normalized spacial score (nSPS) is 23.2. The number of rotatable bonds is 5. The Kier molecular flexibility index (Phi) is 6.24. The van der Waals surface area contributed by atoms with Crippen LogP contribution in [0, 0.1) is 5.92 Å². The van der Waals surface area contributed by atoms with Gasteiger partial charge in [0.15, 0.2) is 5.82 Å². The Hall–Kier alpha value is -1.43. The third-order valence-electron chi connectivity index (χ3n) is 5.12. The molecule has 0 bridgehead atoms. The maximum absolute atomic E-state index is 12.8. The number of amides is 1. The number of nitrogens with zero attached hydrogens (tertiary/aromatic N) is 4. The molecule has 0 N–H and O–H groups in total. The predicted molar refractivity (Wildman–Crippen MR) is 91.3 cm³/mol. The molecule has 0 spiro atoms. The number of carbonyl (C=O) groups excluding carboxylic acids is 1. The van der Waals surface area contributed by atoms with E-state index in [2.05, 4.69) is 26.9 Å². The molecule has 0 aliphatic carbocycles. The molecule has 6 heteroatoms. The third-order valence-corrected chi connectivity index (χ3v) is 5.12. The maximum Gasteiger partial charge on any atom is 0.240 e. The fourth-order valence-electron chi connectivity index (χ4n) is 3.82. The summed E-state index contributed by atoms with van der Waals surface area (Å²) in [4.78, 5) is 21.7. The highest BCUT2D eigenvalue weighted by Gasteiger charge is 2.30. The van der Waals surface area contributed by atoms with Crippen LogP contribution in [0.1, 0.15) is 63.6 Å². The SMILES string of the molecule is CCCc1noc(CN2CCC[C@H](C(=O)N3CCCCCC3)C2)n1. The van der Waals surface area contributed by atoms with Crippen molar-refractivity contribution in [3.8, 4) is 0 Å². The van der Waals surface area contributed by atoms with Gasteiger partial charge in [-0.25, -0.2) is 0 Å². The first-order chi connectivity index (χ1) is 11.8. The molecule has 2 aliphatic rings. The second-order valence-electron chi connectivity index (χ2n) is 7.17. The standard InChI is InChI=1S/C18H30N4O2/c1-2-8-16-19-17(24-20-16)14-21-10-7-9-15(13-21)18(23)22-11-5-3-4-6-12-22/h15H,2-14H2,1H3/t15-/m0/s1. The lowest BCUT2D eigenvalue weighted by Gasteiger charge is -2.34. The number of carbonyl (C=O) groups is 1. The molecule has 2 saturated heterocycles. The van der Waals surface area contributed by atoms with Crippen molar-refractivity contribution in [2.24, 2.45) is 5.92 Å². The first kappa shape index (κ1) is 17.4. The summed E-state index contributed by atoms with van der Waals surface area (Å²) in [5, 5.41) is 4.02. The highest BCUT2D eigenvalue weighted by Crippen LogP contribution is 2.22. The maximum atomic E-state index is 12.8. The van der Waals surface area contributed by atoms with Gasteiger partial charge >= 0.3 is 0 Å². The zero-order chi connectivity index (χ0) is 16.8. The number of hydrogen-bond donors (Lipinski definition) is 0. The molecule has 3 rings (SSSR count). The van der Waals surface area contributed by atoms with Crippen LogP contribution >= 0.6 is 0 Å². The Bertz CT molecular complexity index is 523. The van der Waals surface area contributed by atoms with Gasteiger partial charge < -0.3 is 9.42 Å². The summed E-state index contributed by atoms with van der Waals surface area (Å²) >= 11 is 0. The predicted octanol–water partition coefficient (Wildman–Crippen LogP) is 2.64. The summed E-state index contributed by atoms with van der Waals surface area (Å²) in [6, 6.07) is 0. The largest absolute Gasteiger partial charge is 0.342 e. The number of aromatic nitrogens is 2. The van der Waals surface area contributed by atoms with E-state index >= 15 is 0 Å². The van der Waals surface area contributed by atoms with Crippen molar-refractivity contribution in [2.75, 3.05) is 26.2 Å². The van der Waals surface area contributed by atoms with E-state index < -0.39 is 0 Å². The van der Waals surface area contributed by atoms with Crippen LogP contribution in [-0.2, 0) is 17.8 Å².